The molecule has 1 aromatic heterocycles. The Bertz CT molecular complexity index is 460. The van der Waals surface area contributed by atoms with Gasteiger partial charge in [-0.1, -0.05) is 24.9 Å². The molecule has 0 bridgehead atoms. The second-order valence-corrected chi connectivity index (χ2v) is 5.55. The van der Waals surface area contributed by atoms with Crippen molar-refractivity contribution in [3.63, 3.8) is 0 Å². The number of piperidine rings is 1. The summed E-state index contributed by atoms with van der Waals surface area (Å²) in [6.07, 6.45) is 0.688. The summed E-state index contributed by atoms with van der Waals surface area (Å²) in [5.41, 5.74) is -0.728. The van der Waals surface area contributed by atoms with Crippen molar-refractivity contribution >= 4 is 17.4 Å². The largest absolute Gasteiger partial charge is 0.416 e. The maximum absolute atomic E-state index is 12.9. The number of anilines is 1. The number of hydrogen-bond donors (Lipinski definition) is 0. The summed E-state index contributed by atoms with van der Waals surface area (Å²) in [4.78, 5) is 6.08. The summed E-state index contributed by atoms with van der Waals surface area (Å²) in [6, 6.07) is 2.25. The number of hydrogen-bond acceptors (Lipinski definition) is 2. The molecule has 2 nitrogen and oxygen atoms in total. The van der Waals surface area contributed by atoms with E-state index in [-0.39, 0.29) is 11.2 Å². The molecule has 6 heteroatoms. The molecule has 1 aliphatic heterocycles. The van der Waals surface area contributed by atoms with Gasteiger partial charge in [-0.3, -0.25) is 0 Å². The van der Waals surface area contributed by atoms with E-state index < -0.39 is 11.7 Å². The number of aromatic nitrogens is 1. The van der Waals surface area contributed by atoms with E-state index in [0.717, 1.165) is 50.8 Å². The fraction of sp³-hybridized carbons (Fsp3) is 0.643. The molecule has 1 aromatic rings. The molecule has 0 aromatic carbocycles. The highest BCUT2D eigenvalue weighted by molar-refractivity contribution is 6.29. The molecule has 1 fully saturated rings. The molecule has 0 amide bonds. The lowest BCUT2D eigenvalue weighted by atomic mass is 9.98. The van der Waals surface area contributed by atoms with Crippen LogP contribution in [-0.2, 0) is 6.18 Å². The van der Waals surface area contributed by atoms with E-state index in [2.05, 4.69) is 11.9 Å². The van der Waals surface area contributed by atoms with Crippen molar-refractivity contribution in [3.05, 3.63) is 22.8 Å². The van der Waals surface area contributed by atoms with Crippen LogP contribution in [0.15, 0.2) is 12.1 Å². The molecule has 1 aliphatic rings. The average Bonchev–Trinajstić information content (AvgIpc) is 2.38. The Morgan fingerprint density at radius 2 is 2.10 bits per heavy atom. The van der Waals surface area contributed by atoms with E-state index in [4.69, 9.17) is 11.6 Å². The van der Waals surface area contributed by atoms with E-state index >= 15 is 0 Å². The molecular weight excluding hydrogens is 289 g/mol. The van der Waals surface area contributed by atoms with Gasteiger partial charge >= 0.3 is 6.18 Å². The average molecular weight is 307 g/mol. The molecule has 0 saturated carbocycles. The zero-order chi connectivity index (χ0) is 14.8. The first-order chi connectivity index (χ1) is 9.41. The topological polar surface area (TPSA) is 16.1 Å². The van der Waals surface area contributed by atoms with Crippen molar-refractivity contribution in [1.29, 1.82) is 0 Å². The van der Waals surface area contributed by atoms with Crippen molar-refractivity contribution < 1.29 is 13.2 Å². The third-order valence-electron chi connectivity index (χ3n) is 3.65. The monoisotopic (exact) mass is 306 g/mol. The number of rotatable bonds is 3. The number of halogens is 4. The smallest absolute Gasteiger partial charge is 0.354 e. The lowest BCUT2D eigenvalue weighted by molar-refractivity contribution is -0.137. The van der Waals surface area contributed by atoms with Crippen molar-refractivity contribution in [1.82, 2.24) is 4.98 Å². The van der Waals surface area contributed by atoms with Crippen molar-refractivity contribution in [2.75, 3.05) is 11.4 Å². The first kappa shape index (κ1) is 15.4. The predicted molar refractivity (Wildman–Crippen MR) is 74.1 cm³/mol. The number of nitrogens with zero attached hydrogens (tertiary/aromatic N) is 2. The van der Waals surface area contributed by atoms with Gasteiger partial charge in [-0.05, 0) is 37.8 Å². The van der Waals surface area contributed by atoms with Gasteiger partial charge in [0.15, 0.2) is 0 Å². The lowest BCUT2D eigenvalue weighted by Gasteiger charge is -2.37. The van der Waals surface area contributed by atoms with E-state index in [1.54, 1.807) is 0 Å². The highest BCUT2D eigenvalue weighted by Gasteiger charge is 2.33. The van der Waals surface area contributed by atoms with Crippen LogP contribution in [0.1, 0.15) is 44.6 Å². The minimum atomic E-state index is -4.39. The summed E-state index contributed by atoms with van der Waals surface area (Å²) in [7, 11) is 0. The van der Waals surface area contributed by atoms with Crippen molar-refractivity contribution in [2.24, 2.45) is 0 Å². The zero-order valence-corrected chi connectivity index (χ0v) is 12.1. The van der Waals surface area contributed by atoms with Crippen LogP contribution in [0, 0.1) is 0 Å². The molecule has 20 heavy (non-hydrogen) atoms. The molecule has 2 heterocycles. The summed E-state index contributed by atoms with van der Waals surface area (Å²) in [5.74, 6) is 0.350. The molecule has 0 spiro atoms. The Balaban J connectivity index is 2.32. The normalized spacial score (nSPS) is 20.2. The van der Waals surface area contributed by atoms with Gasteiger partial charge in [0.1, 0.15) is 11.0 Å². The molecule has 2 rings (SSSR count). The zero-order valence-electron chi connectivity index (χ0n) is 11.4. The maximum atomic E-state index is 12.9. The molecule has 1 atom stereocenters. The summed E-state index contributed by atoms with van der Waals surface area (Å²) >= 11 is 5.76. The fourth-order valence-electron chi connectivity index (χ4n) is 2.73. The molecule has 112 valence electrons. The van der Waals surface area contributed by atoms with E-state index in [9.17, 15) is 13.2 Å². The molecule has 0 aliphatic carbocycles. The third kappa shape index (κ3) is 3.57. The Hall–Kier alpha value is -0.970. The van der Waals surface area contributed by atoms with Crippen molar-refractivity contribution in [3.8, 4) is 0 Å². The first-order valence-electron chi connectivity index (χ1n) is 6.93. The SMILES string of the molecule is CCCC1CCCCN1c1cc(C(F)(F)F)cc(Cl)n1. The van der Waals surface area contributed by atoms with Crippen molar-refractivity contribution in [2.45, 2.75) is 51.2 Å². The van der Waals surface area contributed by atoms with Crippen LogP contribution in [0.2, 0.25) is 5.15 Å². The van der Waals surface area contributed by atoms with Gasteiger partial charge in [-0.25, -0.2) is 4.98 Å². The second kappa shape index (κ2) is 6.20. The van der Waals surface area contributed by atoms with Crippen LogP contribution < -0.4 is 4.90 Å². The van der Waals surface area contributed by atoms with Crippen LogP contribution in [-0.4, -0.2) is 17.6 Å². The summed E-state index contributed by atoms with van der Waals surface area (Å²) in [6.45, 7) is 2.83. The van der Waals surface area contributed by atoms with Gasteiger partial charge in [0.2, 0.25) is 0 Å². The predicted octanol–water partition coefficient (Wildman–Crippen LogP) is 4.91. The van der Waals surface area contributed by atoms with E-state index in [0.29, 0.717) is 5.82 Å². The maximum Gasteiger partial charge on any atom is 0.416 e. The molecule has 0 N–H and O–H groups in total. The molecular formula is C14H18ClF3N2. The minimum absolute atomic E-state index is 0.101. The van der Waals surface area contributed by atoms with E-state index in [1.165, 1.54) is 0 Å². The Kier molecular flexibility index (Phi) is 4.78. The van der Waals surface area contributed by atoms with Crippen LogP contribution in [0.5, 0.6) is 0 Å². The quantitative estimate of drug-likeness (QED) is 0.737. The highest BCUT2D eigenvalue weighted by Crippen LogP contribution is 2.34. The Morgan fingerprint density at radius 3 is 2.75 bits per heavy atom. The third-order valence-corrected chi connectivity index (χ3v) is 3.84. The molecule has 1 unspecified atom stereocenters. The van der Waals surface area contributed by atoms with Crippen LogP contribution in [0.25, 0.3) is 0 Å². The number of pyridine rings is 1. The second-order valence-electron chi connectivity index (χ2n) is 5.17. The molecule has 1 saturated heterocycles. The van der Waals surface area contributed by atoms with Gasteiger partial charge in [0.25, 0.3) is 0 Å². The Morgan fingerprint density at radius 1 is 1.35 bits per heavy atom. The standard InChI is InChI=1S/C14H18ClF3N2/c1-2-5-11-6-3-4-7-20(11)13-9-10(14(16,17)18)8-12(15)19-13/h8-9,11H,2-7H2,1H3. The minimum Gasteiger partial charge on any atom is -0.354 e. The fourth-order valence-corrected chi connectivity index (χ4v) is 2.93. The van der Waals surface area contributed by atoms with Gasteiger partial charge in [0.05, 0.1) is 5.56 Å². The lowest BCUT2D eigenvalue weighted by Crippen LogP contribution is -2.40. The van der Waals surface area contributed by atoms with Gasteiger partial charge in [-0.2, -0.15) is 13.2 Å². The van der Waals surface area contributed by atoms with Gasteiger partial charge in [0, 0.05) is 12.6 Å². The summed E-state index contributed by atoms with van der Waals surface area (Å²) < 4.78 is 38.6. The van der Waals surface area contributed by atoms with Crippen LogP contribution in [0.4, 0.5) is 19.0 Å². The van der Waals surface area contributed by atoms with Crippen LogP contribution >= 0.6 is 11.6 Å². The van der Waals surface area contributed by atoms with E-state index in [1.807, 2.05) is 4.90 Å². The molecule has 0 radical (unpaired) electrons. The number of alkyl halides is 3. The highest BCUT2D eigenvalue weighted by atomic mass is 35.5. The summed E-state index contributed by atoms with van der Waals surface area (Å²) in [5, 5.41) is -0.101. The Labute approximate surface area is 121 Å². The van der Waals surface area contributed by atoms with Gasteiger partial charge < -0.3 is 4.90 Å². The van der Waals surface area contributed by atoms with Crippen LogP contribution in [0.3, 0.4) is 0 Å². The first-order valence-corrected chi connectivity index (χ1v) is 7.31. The van der Waals surface area contributed by atoms with Gasteiger partial charge in [-0.15, -0.1) is 0 Å².